The standard InChI is InChI=1S/C10H15N3O/c1-5-6-12(3)10-9(7-14)8(2)11-13(10)4/h1,14H,6-7H2,2-4H3. The van der Waals surface area contributed by atoms with Crippen molar-refractivity contribution >= 4 is 5.82 Å². The maximum absolute atomic E-state index is 9.20. The van der Waals surface area contributed by atoms with Gasteiger partial charge < -0.3 is 10.0 Å². The molecule has 0 radical (unpaired) electrons. The molecule has 1 aromatic rings. The lowest BCUT2D eigenvalue weighted by Gasteiger charge is -2.17. The number of aliphatic hydroxyl groups excluding tert-OH is 1. The molecular formula is C10H15N3O. The third kappa shape index (κ3) is 1.73. The number of aromatic nitrogens is 2. The van der Waals surface area contributed by atoms with Crippen LogP contribution in [0.4, 0.5) is 5.82 Å². The predicted octanol–water partition coefficient (Wildman–Crippen LogP) is 0.290. The molecule has 0 aromatic carbocycles. The number of nitrogens with zero attached hydrogens (tertiary/aromatic N) is 3. The Balaban J connectivity index is 3.12. The quantitative estimate of drug-likeness (QED) is 0.701. The number of hydrogen-bond donors (Lipinski definition) is 1. The van der Waals surface area contributed by atoms with E-state index in [1.807, 2.05) is 25.9 Å². The Labute approximate surface area is 84.1 Å². The van der Waals surface area contributed by atoms with Crippen LogP contribution in [0, 0.1) is 19.3 Å². The van der Waals surface area contributed by atoms with Crippen molar-refractivity contribution in [1.82, 2.24) is 9.78 Å². The van der Waals surface area contributed by atoms with Gasteiger partial charge in [-0.25, -0.2) is 0 Å². The van der Waals surface area contributed by atoms with E-state index in [2.05, 4.69) is 11.0 Å². The lowest BCUT2D eigenvalue weighted by molar-refractivity contribution is 0.281. The first-order valence-electron chi connectivity index (χ1n) is 4.39. The number of terminal acetylenes is 1. The lowest BCUT2D eigenvalue weighted by Crippen LogP contribution is -2.21. The second kappa shape index (κ2) is 4.16. The lowest BCUT2D eigenvalue weighted by atomic mass is 10.2. The fourth-order valence-corrected chi connectivity index (χ4v) is 1.56. The Morgan fingerprint density at radius 3 is 2.79 bits per heavy atom. The molecule has 4 heteroatoms. The summed E-state index contributed by atoms with van der Waals surface area (Å²) in [5.74, 6) is 3.43. The minimum Gasteiger partial charge on any atom is -0.391 e. The second-order valence-corrected chi connectivity index (χ2v) is 3.23. The summed E-state index contributed by atoms with van der Waals surface area (Å²) in [7, 11) is 3.73. The minimum absolute atomic E-state index is 0.0100. The van der Waals surface area contributed by atoms with E-state index in [0.29, 0.717) is 6.54 Å². The molecule has 76 valence electrons. The van der Waals surface area contributed by atoms with Gasteiger partial charge in [-0.1, -0.05) is 5.92 Å². The van der Waals surface area contributed by atoms with E-state index in [0.717, 1.165) is 17.1 Å². The summed E-state index contributed by atoms with van der Waals surface area (Å²) in [6.45, 7) is 2.37. The maximum Gasteiger partial charge on any atom is 0.132 e. The molecular weight excluding hydrogens is 178 g/mol. The molecule has 4 nitrogen and oxygen atoms in total. The molecule has 0 aliphatic rings. The molecule has 1 rings (SSSR count). The highest BCUT2D eigenvalue weighted by atomic mass is 16.3. The molecule has 0 fully saturated rings. The van der Waals surface area contributed by atoms with Crippen molar-refractivity contribution in [1.29, 1.82) is 0 Å². The Hall–Kier alpha value is -1.47. The predicted molar refractivity (Wildman–Crippen MR) is 56.0 cm³/mol. The van der Waals surface area contributed by atoms with Crippen LogP contribution in [0.5, 0.6) is 0 Å². The van der Waals surface area contributed by atoms with Gasteiger partial charge in [-0.05, 0) is 6.92 Å². The van der Waals surface area contributed by atoms with Crippen molar-refractivity contribution < 1.29 is 5.11 Å². The average molecular weight is 193 g/mol. The highest BCUT2D eigenvalue weighted by Crippen LogP contribution is 2.21. The van der Waals surface area contributed by atoms with Gasteiger partial charge in [-0.15, -0.1) is 6.42 Å². The van der Waals surface area contributed by atoms with Gasteiger partial charge in [0, 0.05) is 19.7 Å². The van der Waals surface area contributed by atoms with E-state index >= 15 is 0 Å². The molecule has 0 saturated carbocycles. The van der Waals surface area contributed by atoms with Gasteiger partial charge in [0.05, 0.1) is 18.8 Å². The van der Waals surface area contributed by atoms with Crippen molar-refractivity contribution in [3.63, 3.8) is 0 Å². The van der Waals surface area contributed by atoms with Gasteiger partial charge in [0.25, 0.3) is 0 Å². The highest BCUT2D eigenvalue weighted by Gasteiger charge is 2.14. The van der Waals surface area contributed by atoms with Crippen LogP contribution in [0.3, 0.4) is 0 Å². The summed E-state index contributed by atoms with van der Waals surface area (Å²) in [6, 6.07) is 0. The van der Waals surface area contributed by atoms with Crippen molar-refractivity contribution in [3.05, 3.63) is 11.3 Å². The van der Waals surface area contributed by atoms with E-state index in [9.17, 15) is 5.11 Å². The van der Waals surface area contributed by atoms with Crippen LogP contribution in [0.1, 0.15) is 11.3 Å². The first kappa shape index (κ1) is 10.6. The Morgan fingerprint density at radius 1 is 1.64 bits per heavy atom. The first-order chi connectivity index (χ1) is 6.61. The van der Waals surface area contributed by atoms with E-state index in [-0.39, 0.29) is 6.61 Å². The maximum atomic E-state index is 9.20. The van der Waals surface area contributed by atoms with Crippen molar-refractivity contribution in [2.45, 2.75) is 13.5 Å². The summed E-state index contributed by atoms with van der Waals surface area (Å²) in [4.78, 5) is 1.89. The van der Waals surface area contributed by atoms with Gasteiger partial charge in [-0.3, -0.25) is 4.68 Å². The molecule has 0 aliphatic carbocycles. The first-order valence-corrected chi connectivity index (χ1v) is 4.39. The van der Waals surface area contributed by atoms with Gasteiger partial charge in [0.2, 0.25) is 0 Å². The molecule has 0 aliphatic heterocycles. The van der Waals surface area contributed by atoms with Gasteiger partial charge in [0.15, 0.2) is 0 Å². The van der Waals surface area contributed by atoms with Gasteiger partial charge in [0.1, 0.15) is 5.82 Å². The normalized spacial score (nSPS) is 9.93. The number of aryl methyl sites for hydroxylation is 2. The Morgan fingerprint density at radius 2 is 2.29 bits per heavy atom. The summed E-state index contributed by atoms with van der Waals surface area (Å²) < 4.78 is 1.73. The minimum atomic E-state index is -0.0100. The van der Waals surface area contributed by atoms with Crippen LogP contribution in [-0.2, 0) is 13.7 Å². The molecule has 0 bridgehead atoms. The van der Waals surface area contributed by atoms with Crippen molar-refractivity contribution in [3.8, 4) is 12.3 Å². The zero-order valence-electron chi connectivity index (χ0n) is 8.78. The van der Waals surface area contributed by atoms with Crippen molar-refractivity contribution in [2.75, 3.05) is 18.5 Å². The van der Waals surface area contributed by atoms with Gasteiger partial charge in [-0.2, -0.15) is 5.10 Å². The molecule has 0 spiro atoms. The van der Waals surface area contributed by atoms with Crippen LogP contribution >= 0.6 is 0 Å². The second-order valence-electron chi connectivity index (χ2n) is 3.23. The van der Waals surface area contributed by atoms with Crippen LogP contribution in [-0.4, -0.2) is 28.5 Å². The Bertz CT molecular complexity index is 362. The van der Waals surface area contributed by atoms with Crippen LogP contribution < -0.4 is 4.90 Å². The third-order valence-corrected chi connectivity index (χ3v) is 2.16. The number of hydrogen-bond acceptors (Lipinski definition) is 3. The summed E-state index contributed by atoms with van der Waals surface area (Å²) in [5, 5.41) is 13.4. The molecule has 1 heterocycles. The van der Waals surface area contributed by atoms with E-state index in [4.69, 9.17) is 6.42 Å². The zero-order valence-corrected chi connectivity index (χ0v) is 8.78. The third-order valence-electron chi connectivity index (χ3n) is 2.16. The Kier molecular flexibility index (Phi) is 3.15. The van der Waals surface area contributed by atoms with Crippen LogP contribution in [0.2, 0.25) is 0 Å². The van der Waals surface area contributed by atoms with E-state index < -0.39 is 0 Å². The fourth-order valence-electron chi connectivity index (χ4n) is 1.56. The number of anilines is 1. The van der Waals surface area contributed by atoms with Crippen molar-refractivity contribution in [2.24, 2.45) is 7.05 Å². The van der Waals surface area contributed by atoms with E-state index in [1.54, 1.807) is 4.68 Å². The summed E-state index contributed by atoms with van der Waals surface area (Å²) in [6.07, 6.45) is 5.23. The summed E-state index contributed by atoms with van der Waals surface area (Å²) in [5.41, 5.74) is 1.68. The molecule has 1 N–H and O–H groups in total. The molecule has 0 atom stereocenters. The average Bonchev–Trinajstić information content (AvgIpc) is 2.40. The van der Waals surface area contributed by atoms with Crippen LogP contribution in [0.15, 0.2) is 0 Å². The molecule has 0 unspecified atom stereocenters. The highest BCUT2D eigenvalue weighted by molar-refractivity contribution is 5.49. The van der Waals surface area contributed by atoms with Gasteiger partial charge >= 0.3 is 0 Å². The number of aliphatic hydroxyl groups is 1. The van der Waals surface area contributed by atoms with Crippen LogP contribution in [0.25, 0.3) is 0 Å². The largest absolute Gasteiger partial charge is 0.391 e. The smallest absolute Gasteiger partial charge is 0.132 e. The zero-order chi connectivity index (χ0) is 10.7. The molecule has 14 heavy (non-hydrogen) atoms. The SMILES string of the molecule is C#CCN(C)c1c(CO)c(C)nn1C. The summed E-state index contributed by atoms with van der Waals surface area (Å²) >= 11 is 0. The monoisotopic (exact) mass is 193 g/mol. The number of rotatable bonds is 3. The fraction of sp³-hybridized carbons (Fsp3) is 0.500. The molecule has 0 amide bonds. The molecule has 1 aromatic heterocycles. The van der Waals surface area contributed by atoms with E-state index in [1.165, 1.54) is 0 Å². The molecule has 0 saturated heterocycles. The topological polar surface area (TPSA) is 41.3 Å².